The number of rotatable bonds is 28. The number of carbonyl (C=O) groups excluding carboxylic acids is 7. The van der Waals surface area contributed by atoms with Crippen LogP contribution in [0.5, 0.6) is 5.75 Å². The second-order valence-electron chi connectivity index (χ2n) is 30.4. The van der Waals surface area contributed by atoms with Crippen LogP contribution in [0.3, 0.4) is 0 Å². The van der Waals surface area contributed by atoms with Crippen molar-refractivity contribution in [2.75, 3.05) is 0 Å². The molecular weight excluding hydrogens is 1680 g/mol. The van der Waals surface area contributed by atoms with Gasteiger partial charge >= 0.3 is 12.4 Å². The zero-order valence-electron chi connectivity index (χ0n) is 66.9. The lowest BCUT2D eigenvalue weighted by atomic mass is 9.85. The number of primary amides is 1. The van der Waals surface area contributed by atoms with Gasteiger partial charge in [0.25, 0.3) is 11.8 Å². The van der Waals surface area contributed by atoms with Gasteiger partial charge in [-0.05, 0) is 200 Å². The Hall–Kier alpha value is -13.8. The van der Waals surface area contributed by atoms with Crippen molar-refractivity contribution in [3.8, 4) is 39.1 Å². The second-order valence-corrected chi connectivity index (χ2v) is 30.4. The molecule has 0 radical (unpaired) electrons. The Morgan fingerprint density at radius 2 is 0.984 bits per heavy atom. The molecule has 3 N–H and O–H groups in total. The fourth-order valence-corrected chi connectivity index (χ4v) is 15.7. The number of benzene rings is 7. The number of hydrogen-bond donors (Lipinski definition) is 2. The fraction of sp³-hybridized carbons (Fsp3) is 0.237. The Kier molecular flexibility index (Phi) is 28.0. The first-order chi connectivity index (χ1) is 59.6. The van der Waals surface area contributed by atoms with Gasteiger partial charge in [-0.25, -0.2) is 45.1 Å². The third-order valence-electron chi connectivity index (χ3n) is 21.0. The van der Waals surface area contributed by atoms with Crippen molar-refractivity contribution < 1.29 is 109 Å². The molecule has 0 fully saturated rings. The topological polar surface area (TPSA) is 253 Å². The molecular formula is C93H73F16N9O8. The molecule has 14 rings (SSSR count). The predicted molar refractivity (Wildman–Crippen MR) is 428 cm³/mol. The van der Waals surface area contributed by atoms with E-state index in [4.69, 9.17) is 5.73 Å². The molecule has 3 atom stereocenters. The summed E-state index contributed by atoms with van der Waals surface area (Å²) in [5.74, 6) is -16.4. The summed E-state index contributed by atoms with van der Waals surface area (Å²) >= 11 is 0. The molecule has 0 bridgehead atoms. The fourth-order valence-electron chi connectivity index (χ4n) is 15.7. The van der Waals surface area contributed by atoms with Gasteiger partial charge in [-0.2, -0.15) is 45.3 Å². The summed E-state index contributed by atoms with van der Waals surface area (Å²) in [5, 5.41) is 16.6. The number of pyridine rings is 2. The molecule has 33 heteroatoms. The van der Waals surface area contributed by atoms with E-state index in [9.17, 15) is 109 Å². The number of nitrogens with two attached hydrogens (primary N) is 1. The summed E-state index contributed by atoms with van der Waals surface area (Å²) in [6, 6.07) is 34.9. The lowest BCUT2D eigenvalue weighted by Crippen LogP contribution is -2.27. The zero-order chi connectivity index (χ0) is 91.0. The molecule has 0 saturated carbocycles. The number of allylic oxidation sites excluding steroid dienone is 2. The summed E-state index contributed by atoms with van der Waals surface area (Å²) in [4.78, 5) is 105. The molecule has 5 heterocycles. The molecule has 7 aromatic carbocycles. The average molecular weight is 1750 g/mol. The van der Waals surface area contributed by atoms with E-state index < -0.39 is 166 Å². The first-order valence-corrected chi connectivity index (χ1v) is 39.0. The van der Waals surface area contributed by atoms with Gasteiger partial charge in [-0.3, -0.25) is 52.9 Å². The molecule has 17 nitrogen and oxygen atoms in total. The molecule has 126 heavy (non-hydrogen) atoms. The molecule has 2 aliphatic carbocycles. The number of fused-ring (bicyclic) bond motifs is 2. The van der Waals surface area contributed by atoms with E-state index in [1.54, 1.807) is 54.7 Å². The van der Waals surface area contributed by atoms with E-state index in [-0.39, 0.29) is 102 Å². The second kappa shape index (κ2) is 38.6. The van der Waals surface area contributed by atoms with Crippen molar-refractivity contribution in [2.45, 2.75) is 141 Å². The molecule has 0 spiro atoms. The number of amides is 1. The summed E-state index contributed by atoms with van der Waals surface area (Å²) < 4.78 is 225. The minimum absolute atomic E-state index is 0.0682. The molecule has 5 aromatic heterocycles. The van der Waals surface area contributed by atoms with Crippen LogP contribution in [0.2, 0.25) is 0 Å². The third-order valence-corrected chi connectivity index (χ3v) is 21.0. The molecule has 0 aliphatic heterocycles. The monoisotopic (exact) mass is 1750 g/mol. The highest BCUT2D eigenvalue weighted by Gasteiger charge is 2.48. The van der Waals surface area contributed by atoms with Crippen LogP contribution in [0.15, 0.2) is 195 Å². The van der Waals surface area contributed by atoms with Crippen LogP contribution in [0.4, 0.5) is 70.2 Å². The van der Waals surface area contributed by atoms with Gasteiger partial charge in [0.05, 0.1) is 40.3 Å². The van der Waals surface area contributed by atoms with Gasteiger partial charge in [0.15, 0.2) is 40.3 Å². The highest BCUT2D eigenvalue weighted by Crippen LogP contribution is 2.46. The number of nitrogens with zero attached hydrogens (tertiary/aromatic N) is 8. The summed E-state index contributed by atoms with van der Waals surface area (Å²) in [5.41, 5.74) is 6.88. The number of ketones is 6. The molecule has 2 aliphatic rings. The number of hydrogen-bond acceptors (Lipinski definition) is 14. The summed E-state index contributed by atoms with van der Waals surface area (Å²) in [6.07, 6.45) is -2.80. The maximum absolute atomic E-state index is 14.9. The number of Topliss-reactive ketones (excluding diaryl/α,β-unsaturated/α-hetero) is 6. The van der Waals surface area contributed by atoms with Gasteiger partial charge in [-0.1, -0.05) is 54.6 Å². The Labute approximate surface area is 708 Å². The van der Waals surface area contributed by atoms with Crippen molar-refractivity contribution in [2.24, 2.45) is 5.73 Å². The number of alkyl halides is 8. The molecule has 12 aromatic rings. The molecule has 1 amide bonds. The normalized spacial score (nSPS) is 13.5. The lowest BCUT2D eigenvalue weighted by molar-refractivity contribution is -0.143. The minimum Gasteiger partial charge on any atom is -0.508 e. The van der Waals surface area contributed by atoms with Gasteiger partial charge < -0.3 is 10.8 Å². The predicted octanol–water partition coefficient (Wildman–Crippen LogP) is 20.3. The van der Waals surface area contributed by atoms with E-state index in [2.05, 4.69) is 30.1 Å². The zero-order valence-corrected chi connectivity index (χ0v) is 66.9. The van der Waals surface area contributed by atoms with Crippen LogP contribution in [0.1, 0.15) is 186 Å². The summed E-state index contributed by atoms with van der Waals surface area (Å²) in [7, 11) is 0. The minimum atomic E-state index is -5.02. The Balaban J connectivity index is 0.000000172. The Bertz CT molecular complexity index is 6200. The van der Waals surface area contributed by atoms with Crippen molar-refractivity contribution >= 4 is 46.2 Å². The first-order valence-electron chi connectivity index (χ1n) is 39.0. The molecule has 650 valence electrons. The standard InChI is InChI=1S/C32H25F8N3O2.C32H26F2N2O3.C29H22F6N4O3/c1-17(44)26-14-19(6-7-27(26)35)24-5-3-9-41-28(24)20(10-18-11-21(33)15-22(34)12-18)13-23(45)16-43-30-25(4-2-8-31(30,36)37)29(42-43)32(38,39)40;1-19(37)22-3-2-4-23(12-22)31-17-35-18-36-32(31)25(9-20-10-26(33)15-27(34)11-20)14-29(39)13-24-6-5-21-7-8-28(38)16-30(21)24;1-15(40)23-11-17(4-5-25(23)32)22-3-2-6-37-26(22)18(7-16-8-19(30)12-20(31)9-16)10-21(41)13-39-14-24(28(36)42)27(38-39)29(33,34)35/h3,5-7,9,11-12,14-15,20H,2,4,8,10,13,16H2,1H3;2-4,6-8,10-12,15-18,25,38H,5,9,13-14H2,1H3;2-6,8-9,11-12,14,18H,7,10,13H2,1H3,(H2,36,42)/t20-;25-;18-/m101/s1. The van der Waals surface area contributed by atoms with Crippen molar-refractivity contribution in [1.29, 1.82) is 0 Å². The van der Waals surface area contributed by atoms with E-state index >= 15 is 0 Å². The van der Waals surface area contributed by atoms with E-state index in [1.165, 1.54) is 82.0 Å². The molecule has 0 saturated heterocycles. The van der Waals surface area contributed by atoms with Crippen LogP contribution in [0.25, 0.3) is 39.0 Å². The van der Waals surface area contributed by atoms with Crippen LogP contribution >= 0.6 is 0 Å². The van der Waals surface area contributed by atoms with Crippen LogP contribution in [0, 0.1) is 46.5 Å². The smallest absolute Gasteiger partial charge is 0.435 e. The van der Waals surface area contributed by atoms with Gasteiger partial charge in [0.1, 0.15) is 76.6 Å². The van der Waals surface area contributed by atoms with Crippen molar-refractivity contribution in [1.82, 2.24) is 39.5 Å². The number of phenols is 1. The van der Waals surface area contributed by atoms with E-state index in [1.807, 2.05) is 18.2 Å². The summed E-state index contributed by atoms with van der Waals surface area (Å²) in [6.45, 7) is 2.24. The van der Waals surface area contributed by atoms with E-state index in [0.29, 0.717) is 84.3 Å². The number of halogens is 16. The highest BCUT2D eigenvalue weighted by atomic mass is 19.4. The maximum Gasteiger partial charge on any atom is 0.435 e. The number of phenolic OH excluding ortho intramolecular Hbond substituents is 1. The largest absolute Gasteiger partial charge is 0.508 e. The third kappa shape index (κ3) is 22.4. The number of aromatic nitrogens is 8. The quantitative estimate of drug-likeness (QED) is 0.0342. The lowest BCUT2D eigenvalue weighted by Gasteiger charge is -2.24. The van der Waals surface area contributed by atoms with Crippen LogP contribution in [-0.4, -0.2) is 85.2 Å². The van der Waals surface area contributed by atoms with Gasteiger partial charge in [0.2, 0.25) is 0 Å². The van der Waals surface area contributed by atoms with Crippen molar-refractivity contribution in [3.63, 3.8) is 0 Å². The maximum atomic E-state index is 14.9. The van der Waals surface area contributed by atoms with Crippen molar-refractivity contribution in [3.05, 3.63) is 331 Å². The number of aromatic hydroxyl groups is 1. The number of carbonyl (C=O) groups is 7. The van der Waals surface area contributed by atoms with Crippen LogP contribution < -0.4 is 5.73 Å². The van der Waals surface area contributed by atoms with Gasteiger partial charge in [-0.15, -0.1) is 0 Å². The van der Waals surface area contributed by atoms with E-state index in [0.717, 1.165) is 59.2 Å². The SMILES string of the molecule is CC(=O)c1cc(-c2cccnc2[C@@H](CC(=O)Cn2cc(C(N)=O)c(C(F)(F)F)n2)Cc2cc(F)cc(F)c2)ccc1F.CC(=O)c1cc(-c2cccnc2[C@@H](CC(=O)Cn2nc(C(F)(F)F)c3c2C(F)(F)CCC3)Cc2cc(F)cc(F)c2)ccc1F.CC(=O)c1cccc(-c2cncnc2[C@H](CC(=O)CC2=CCc3ccc(O)cc32)Cc2cc(F)cc(F)c2)c1. The Morgan fingerprint density at radius 3 is 1.46 bits per heavy atom. The highest BCUT2D eigenvalue weighted by molar-refractivity contribution is 5.98. The van der Waals surface area contributed by atoms with Crippen LogP contribution in [-0.2, 0) is 77.9 Å². The molecule has 0 unspecified atom stereocenters. The van der Waals surface area contributed by atoms with Gasteiger partial charge in [0, 0.05) is 121 Å². The first kappa shape index (κ1) is 91.5. The Morgan fingerprint density at radius 1 is 0.500 bits per heavy atom. The average Bonchev–Trinajstić information content (AvgIpc) is 1.59.